The van der Waals surface area contributed by atoms with Crippen LogP contribution in [0.5, 0.6) is 0 Å². The number of carbonyl (C=O) groups excluding carboxylic acids is 3. The molecule has 2 heterocycles. The topological polar surface area (TPSA) is 127 Å². The lowest BCUT2D eigenvalue weighted by Crippen LogP contribution is -2.31. The highest BCUT2D eigenvalue weighted by Gasteiger charge is 2.18. The second-order valence-corrected chi connectivity index (χ2v) is 7.42. The number of amides is 3. The van der Waals surface area contributed by atoms with Gasteiger partial charge in [0, 0.05) is 13.1 Å². The van der Waals surface area contributed by atoms with Gasteiger partial charge in [0.05, 0.1) is 17.6 Å². The summed E-state index contributed by atoms with van der Waals surface area (Å²) in [4.78, 5) is 40.9. The summed E-state index contributed by atoms with van der Waals surface area (Å²) < 4.78 is 4.28. The average molecular weight is 403 g/mol. The van der Waals surface area contributed by atoms with Gasteiger partial charge in [-0.3, -0.25) is 5.32 Å². The SMILES string of the molecule is Cc1ccc(NC(=O)Nc2ncc(C(=O)OC(N)=O)s2)c(N2CCCCC2)c1. The van der Waals surface area contributed by atoms with E-state index in [1.165, 1.54) is 12.6 Å². The molecular formula is C18H21N5O4S. The number of hydrogen-bond acceptors (Lipinski definition) is 7. The summed E-state index contributed by atoms with van der Waals surface area (Å²) >= 11 is 0.881. The van der Waals surface area contributed by atoms with Crippen molar-refractivity contribution in [3.8, 4) is 0 Å². The molecule has 148 valence electrons. The van der Waals surface area contributed by atoms with Crippen LogP contribution in [0.25, 0.3) is 0 Å². The number of ether oxygens (including phenoxy) is 1. The third kappa shape index (κ3) is 4.97. The Kier molecular flexibility index (Phi) is 6.09. The van der Waals surface area contributed by atoms with Crippen LogP contribution in [0.2, 0.25) is 0 Å². The summed E-state index contributed by atoms with van der Waals surface area (Å²) in [5.41, 5.74) is 7.61. The molecule has 9 nitrogen and oxygen atoms in total. The smallest absolute Gasteiger partial charge is 0.372 e. The summed E-state index contributed by atoms with van der Waals surface area (Å²) in [7, 11) is 0. The number of benzene rings is 1. The highest BCUT2D eigenvalue weighted by molar-refractivity contribution is 7.17. The summed E-state index contributed by atoms with van der Waals surface area (Å²) in [5, 5.41) is 5.61. The molecule has 1 aliphatic rings. The van der Waals surface area contributed by atoms with Crippen molar-refractivity contribution >= 4 is 45.9 Å². The van der Waals surface area contributed by atoms with Gasteiger partial charge in [0.15, 0.2) is 5.13 Å². The van der Waals surface area contributed by atoms with Crippen molar-refractivity contribution < 1.29 is 19.1 Å². The number of primary amides is 1. The molecule has 0 aliphatic carbocycles. The molecular weight excluding hydrogens is 382 g/mol. The van der Waals surface area contributed by atoms with Gasteiger partial charge in [-0.1, -0.05) is 17.4 Å². The number of rotatable bonds is 4. The van der Waals surface area contributed by atoms with Gasteiger partial charge >= 0.3 is 18.1 Å². The Hall–Kier alpha value is -3.14. The Balaban J connectivity index is 1.67. The lowest BCUT2D eigenvalue weighted by atomic mass is 10.1. The molecule has 3 rings (SSSR count). The molecule has 2 aromatic rings. The maximum absolute atomic E-state index is 12.4. The van der Waals surface area contributed by atoms with Crippen LogP contribution in [0.4, 0.5) is 26.1 Å². The molecule has 10 heteroatoms. The monoisotopic (exact) mass is 403 g/mol. The molecule has 3 amide bonds. The predicted molar refractivity (Wildman–Crippen MR) is 107 cm³/mol. The average Bonchev–Trinajstić information content (AvgIpc) is 3.12. The van der Waals surface area contributed by atoms with E-state index in [0.717, 1.165) is 48.5 Å². The number of nitrogens with two attached hydrogens (primary N) is 1. The number of esters is 1. The van der Waals surface area contributed by atoms with Gasteiger partial charge < -0.3 is 20.7 Å². The van der Waals surface area contributed by atoms with Crippen molar-refractivity contribution in [1.29, 1.82) is 0 Å². The first-order valence-corrected chi connectivity index (χ1v) is 9.65. The molecule has 1 aliphatic heterocycles. The van der Waals surface area contributed by atoms with Gasteiger partial charge in [0.1, 0.15) is 4.88 Å². The molecule has 0 saturated carbocycles. The number of urea groups is 1. The quantitative estimate of drug-likeness (QED) is 0.531. The third-order valence-electron chi connectivity index (χ3n) is 4.22. The summed E-state index contributed by atoms with van der Waals surface area (Å²) in [6.07, 6.45) is 3.48. The first-order chi connectivity index (χ1) is 13.4. The molecule has 0 bridgehead atoms. The maximum atomic E-state index is 12.4. The van der Waals surface area contributed by atoms with Gasteiger partial charge in [-0.05, 0) is 43.9 Å². The Labute approximate surface area is 165 Å². The molecule has 0 atom stereocenters. The molecule has 1 fully saturated rings. The largest absolute Gasteiger partial charge is 0.412 e. The van der Waals surface area contributed by atoms with Gasteiger partial charge in [-0.15, -0.1) is 0 Å². The number of aromatic nitrogens is 1. The normalized spacial score (nSPS) is 13.7. The number of anilines is 3. The van der Waals surface area contributed by atoms with Crippen LogP contribution >= 0.6 is 11.3 Å². The molecule has 1 saturated heterocycles. The van der Waals surface area contributed by atoms with E-state index >= 15 is 0 Å². The molecule has 4 N–H and O–H groups in total. The Morgan fingerprint density at radius 1 is 1.18 bits per heavy atom. The Morgan fingerprint density at radius 2 is 1.93 bits per heavy atom. The van der Waals surface area contributed by atoms with E-state index in [9.17, 15) is 14.4 Å². The maximum Gasteiger partial charge on any atom is 0.412 e. The number of nitrogens with zero attached hydrogens (tertiary/aromatic N) is 2. The fourth-order valence-electron chi connectivity index (χ4n) is 2.96. The lowest BCUT2D eigenvalue weighted by molar-refractivity contribution is 0.0643. The van der Waals surface area contributed by atoms with Crippen molar-refractivity contribution in [3.05, 3.63) is 34.8 Å². The summed E-state index contributed by atoms with van der Waals surface area (Å²) in [5.74, 6) is -0.913. The van der Waals surface area contributed by atoms with E-state index in [1.54, 1.807) is 0 Å². The molecule has 0 unspecified atom stereocenters. The minimum absolute atomic E-state index is 0.0541. The Bertz CT molecular complexity index is 892. The second kappa shape index (κ2) is 8.70. The van der Waals surface area contributed by atoms with Crippen molar-refractivity contribution in [2.75, 3.05) is 28.6 Å². The van der Waals surface area contributed by atoms with Crippen LogP contribution in [-0.2, 0) is 4.74 Å². The number of nitrogens with one attached hydrogen (secondary N) is 2. The van der Waals surface area contributed by atoms with Crippen molar-refractivity contribution in [2.24, 2.45) is 5.73 Å². The van der Waals surface area contributed by atoms with E-state index in [0.29, 0.717) is 5.69 Å². The van der Waals surface area contributed by atoms with Crippen LogP contribution in [0, 0.1) is 6.92 Å². The molecule has 0 radical (unpaired) electrons. The fourth-order valence-corrected chi connectivity index (χ4v) is 3.65. The van der Waals surface area contributed by atoms with E-state index < -0.39 is 18.1 Å². The molecule has 1 aromatic carbocycles. The fraction of sp³-hybridized carbons (Fsp3) is 0.333. The zero-order valence-corrected chi connectivity index (χ0v) is 16.2. The zero-order valence-electron chi connectivity index (χ0n) is 15.4. The number of aryl methyl sites for hydroxylation is 1. The van der Waals surface area contributed by atoms with Crippen LogP contribution < -0.4 is 21.3 Å². The molecule has 28 heavy (non-hydrogen) atoms. The Morgan fingerprint density at radius 3 is 2.64 bits per heavy atom. The minimum Gasteiger partial charge on any atom is -0.372 e. The van der Waals surface area contributed by atoms with Crippen molar-refractivity contribution in [3.63, 3.8) is 0 Å². The van der Waals surface area contributed by atoms with Crippen LogP contribution in [0.1, 0.15) is 34.5 Å². The number of piperidine rings is 1. The van der Waals surface area contributed by atoms with E-state index in [-0.39, 0.29) is 10.0 Å². The first-order valence-electron chi connectivity index (χ1n) is 8.83. The van der Waals surface area contributed by atoms with E-state index in [4.69, 9.17) is 5.73 Å². The highest BCUT2D eigenvalue weighted by Crippen LogP contribution is 2.30. The highest BCUT2D eigenvalue weighted by atomic mass is 32.1. The number of thiazole rings is 1. The minimum atomic E-state index is -1.20. The lowest BCUT2D eigenvalue weighted by Gasteiger charge is -2.30. The van der Waals surface area contributed by atoms with Gasteiger partial charge in [0.2, 0.25) is 0 Å². The standard InChI is InChI=1S/C18H21N5O4S/c1-11-5-6-12(13(9-11)23-7-3-2-4-8-23)21-17(26)22-18-20-10-14(28-18)15(24)27-16(19)25/h5-6,9-10H,2-4,7-8H2,1H3,(H2,19,25)(H2,20,21,22,26). The van der Waals surface area contributed by atoms with Gasteiger partial charge in [-0.25, -0.2) is 19.4 Å². The molecule has 0 spiro atoms. The second-order valence-electron chi connectivity index (χ2n) is 6.39. The first kappa shape index (κ1) is 19.6. The summed E-state index contributed by atoms with van der Waals surface area (Å²) in [6, 6.07) is 5.38. The van der Waals surface area contributed by atoms with Crippen molar-refractivity contribution in [2.45, 2.75) is 26.2 Å². The number of hydrogen-bond donors (Lipinski definition) is 3. The van der Waals surface area contributed by atoms with Crippen molar-refractivity contribution in [1.82, 2.24) is 4.98 Å². The van der Waals surface area contributed by atoms with Crippen LogP contribution in [0.3, 0.4) is 0 Å². The third-order valence-corrected chi connectivity index (χ3v) is 5.11. The van der Waals surface area contributed by atoms with Crippen LogP contribution in [-0.4, -0.2) is 36.2 Å². The van der Waals surface area contributed by atoms with E-state index in [2.05, 4.69) is 31.3 Å². The zero-order chi connectivity index (χ0) is 20.1. The number of carbonyl (C=O) groups is 3. The van der Waals surface area contributed by atoms with Gasteiger partial charge in [-0.2, -0.15) is 0 Å². The van der Waals surface area contributed by atoms with Crippen LogP contribution in [0.15, 0.2) is 24.4 Å². The van der Waals surface area contributed by atoms with Gasteiger partial charge in [0.25, 0.3) is 0 Å². The summed E-state index contributed by atoms with van der Waals surface area (Å²) in [6.45, 7) is 3.93. The predicted octanol–water partition coefficient (Wildman–Crippen LogP) is 3.32. The molecule has 1 aromatic heterocycles. The van der Waals surface area contributed by atoms with E-state index in [1.807, 2.05) is 19.1 Å².